The van der Waals surface area contributed by atoms with Crippen LogP contribution >= 0.6 is 0 Å². The summed E-state index contributed by atoms with van der Waals surface area (Å²) in [5.41, 5.74) is 3.93. The Morgan fingerprint density at radius 2 is 1.96 bits per heavy atom. The van der Waals surface area contributed by atoms with E-state index in [4.69, 9.17) is 4.74 Å². The quantitative estimate of drug-likeness (QED) is 0.774. The van der Waals surface area contributed by atoms with Crippen LogP contribution in [0.15, 0.2) is 42.5 Å². The van der Waals surface area contributed by atoms with Crippen LogP contribution in [0.2, 0.25) is 0 Å². The van der Waals surface area contributed by atoms with Crippen LogP contribution in [0.25, 0.3) is 0 Å². The van der Waals surface area contributed by atoms with Crippen molar-refractivity contribution in [3.05, 3.63) is 59.2 Å². The lowest BCUT2D eigenvalue weighted by Crippen LogP contribution is -2.35. The monoisotopic (exact) mass is 342 g/mol. The van der Waals surface area contributed by atoms with Crippen molar-refractivity contribution >= 4 is 11.6 Å². The molecule has 5 nitrogen and oxygen atoms in total. The van der Waals surface area contributed by atoms with E-state index in [0.717, 1.165) is 28.1 Å². The predicted octanol–water partition coefficient (Wildman–Crippen LogP) is 2.75. The minimum Gasteiger partial charge on any atom is -0.496 e. The molecule has 2 aromatic carbocycles. The molecule has 0 spiro atoms. The molecule has 0 saturated heterocycles. The number of methoxy groups -OCH3 is 1. The number of ether oxygens (including phenoxy) is 1. The lowest BCUT2D eigenvalue weighted by Gasteiger charge is -2.22. The standard InChI is InChI=1S/C20H26N2O3/c1-15-8-9-16(2)18(12-15)21-20(24)14-22(10-11-23)13-17-6-4-5-7-19(17)25-3/h4-9,12,23H,10-11,13-14H2,1-3H3,(H,21,24). The number of benzene rings is 2. The molecule has 0 aliphatic rings. The zero-order valence-corrected chi connectivity index (χ0v) is 15.1. The summed E-state index contributed by atoms with van der Waals surface area (Å²) in [4.78, 5) is 14.3. The molecule has 0 aliphatic carbocycles. The molecule has 0 unspecified atom stereocenters. The maximum Gasteiger partial charge on any atom is 0.238 e. The number of hydrogen-bond donors (Lipinski definition) is 2. The van der Waals surface area contributed by atoms with E-state index >= 15 is 0 Å². The van der Waals surface area contributed by atoms with Crippen LogP contribution in [0.4, 0.5) is 5.69 Å². The number of para-hydroxylation sites is 1. The van der Waals surface area contributed by atoms with E-state index in [1.165, 1.54) is 0 Å². The van der Waals surface area contributed by atoms with Gasteiger partial charge in [-0.1, -0.05) is 30.3 Å². The molecular weight excluding hydrogens is 316 g/mol. The van der Waals surface area contributed by atoms with Crippen molar-refractivity contribution in [3.63, 3.8) is 0 Å². The first kappa shape index (κ1) is 19.0. The summed E-state index contributed by atoms with van der Waals surface area (Å²) >= 11 is 0. The van der Waals surface area contributed by atoms with Gasteiger partial charge >= 0.3 is 0 Å². The number of carbonyl (C=O) groups is 1. The number of amides is 1. The molecule has 0 heterocycles. The highest BCUT2D eigenvalue weighted by Crippen LogP contribution is 2.20. The van der Waals surface area contributed by atoms with Crippen molar-refractivity contribution < 1.29 is 14.6 Å². The topological polar surface area (TPSA) is 61.8 Å². The van der Waals surface area contributed by atoms with E-state index < -0.39 is 0 Å². The summed E-state index contributed by atoms with van der Waals surface area (Å²) in [5.74, 6) is 0.678. The largest absolute Gasteiger partial charge is 0.496 e. The molecule has 2 aromatic rings. The van der Waals surface area contributed by atoms with Gasteiger partial charge < -0.3 is 15.2 Å². The maximum absolute atomic E-state index is 12.4. The molecule has 1 amide bonds. The fourth-order valence-corrected chi connectivity index (χ4v) is 2.69. The third kappa shape index (κ3) is 5.59. The number of aliphatic hydroxyl groups is 1. The third-order valence-electron chi connectivity index (χ3n) is 4.04. The van der Waals surface area contributed by atoms with E-state index in [-0.39, 0.29) is 19.1 Å². The molecule has 2 rings (SSSR count). The number of rotatable bonds is 8. The number of nitrogens with zero attached hydrogens (tertiary/aromatic N) is 1. The van der Waals surface area contributed by atoms with Crippen molar-refractivity contribution in [2.45, 2.75) is 20.4 Å². The number of hydrogen-bond acceptors (Lipinski definition) is 4. The highest BCUT2D eigenvalue weighted by Gasteiger charge is 2.14. The second-order valence-corrected chi connectivity index (χ2v) is 6.11. The molecular formula is C20H26N2O3. The van der Waals surface area contributed by atoms with Gasteiger partial charge in [-0.25, -0.2) is 0 Å². The Morgan fingerprint density at radius 3 is 2.68 bits per heavy atom. The molecule has 5 heteroatoms. The molecule has 0 radical (unpaired) electrons. The molecule has 0 aliphatic heterocycles. The SMILES string of the molecule is COc1ccccc1CN(CCO)CC(=O)Nc1cc(C)ccc1C. The van der Waals surface area contributed by atoms with Gasteiger partial charge in [0.2, 0.25) is 5.91 Å². The van der Waals surface area contributed by atoms with Gasteiger partial charge in [-0.15, -0.1) is 0 Å². The number of nitrogens with one attached hydrogen (secondary N) is 1. The lowest BCUT2D eigenvalue weighted by atomic mass is 10.1. The Bertz CT molecular complexity index is 716. The second-order valence-electron chi connectivity index (χ2n) is 6.11. The van der Waals surface area contributed by atoms with Gasteiger partial charge in [-0.2, -0.15) is 0 Å². The number of carbonyl (C=O) groups excluding carboxylic acids is 1. The molecule has 0 atom stereocenters. The zero-order valence-electron chi connectivity index (χ0n) is 15.1. The van der Waals surface area contributed by atoms with Gasteiger partial charge in [-0.3, -0.25) is 9.69 Å². The van der Waals surface area contributed by atoms with Crippen LogP contribution in [0.1, 0.15) is 16.7 Å². The first-order valence-corrected chi connectivity index (χ1v) is 8.35. The first-order chi connectivity index (χ1) is 12.0. The van der Waals surface area contributed by atoms with E-state index in [9.17, 15) is 9.90 Å². The van der Waals surface area contributed by atoms with Crippen LogP contribution in [-0.4, -0.2) is 42.7 Å². The number of anilines is 1. The summed E-state index contributed by atoms with van der Waals surface area (Å²) in [6.45, 7) is 5.10. The van der Waals surface area contributed by atoms with Gasteiger partial charge in [0.05, 0.1) is 20.3 Å². The van der Waals surface area contributed by atoms with Crippen molar-refractivity contribution in [2.24, 2.45) is 0 Å². The molecule has 0 saturated carbocycles. The van der Waals surface area contributed by atoms with Crippen LogP contribution < -0.4 is 10.1 Å². The van der Waals surface area contributed by atoms with Crippen molar-refractivity contribution in [2.75, 3.05) is 32.1 Å². The Morgan fingerprint density at radius 1 is 1.20 bits per heavy atom. The number of aliphatic hydroxyl groups excluding tert-OH is 1. The molecule has 2 N–H and O–H groups in total. The smallest absolute Gasteiger partial charge is 0.238 e. The summed E-state index contributed by atoms with van der Waals surface area (Å²) in [5, 5.41) is 12.3. The molecule has 134 valence electrons. The average Bonchev–Trinajstić information content (AvgIpc) is 2.59. The highest BCUT2D eigenvalue weighted by atomic mass is 16.5. The van der Waals surface area contributed by atoms with Crippen molar-refractivity contribution in [3.8, 4) is 5.75 Å². The van der Waals surface area contributed by atoms with Crippen LogP contribution in [-0.2, 0) is 11.3 Å². The zero-order chi connectivity index (χ0) is 18.2. The molecule has 0 fully saturated rings. The average molecular weight is 342 g/mol. The summed E-state index contributed by atoms with van der Waals surface area (Å²) in [7, 11) is 1.63. The number of aryl methyl sites for hydroxylation is 2. The van der Waals surface area contributed by atoms with Crippen LogP contribution in [0.3, 0.4) is 0 Å². The molecule has 25 heavy (non-hydrogen) atoms. The maximum atomic E-state index is 12.4. The Hall–Kier alpha value is -2.37. The summed E-state index contributed by atoms with van der Waals surface area (Å²) in [6.07, 6.45) is 0. The Labute approximate surface area is 149 Å². The van der Waals surface area contributed by atoms with Crippen LogP contribution in [0.5, 0.6) is 5.75 Å². The molecule has 0 bridgehead atoms. The van der Waals surface area contributed by atoms with Gasteiger partial charge in [0.1, 0.15) is 5.75 Å². The van der Waals surface area contributed by atoms with E-state index in [0.29, 0.717) is 13.1 Å². The predicted molar refractivity (Wildman–Crippen MR) is 99.9 cm³/mol. The van der Waals surface area contributed by atoms with E-state index in [1.807, 2.05) is 61.2 Å². The minimum atomic E-state index is -0.1000. The summed E-state index contributed by atoms with van der Waals surface area (Å²) < 4.78 is 5.36. The molecule has 0 aromatic heterocycles. The fraction of sp³-hybridized carbons (Fsp3) is 0.350. The fourth-order valence-electron chi connectivity index (χ4n) is 2.69. The Kier molecular flexibility index (Phi) is 6.98. The highest BCUT2D eigenvalue weighted by molar-refractivity contribution is 5.93. The van der Waals surface area contributed by atoms with Crippen LogP contribution in [0, 0.1) is 13.8 Å². The summed E-state index contributed by atoms with van der Waals surface area (Å²) in [6, 6.07) is 13.7. The van der Waals surface area contributed by atoms with E-state index in [1.54, 1.807) is 7.11 Å². The van der Waals surface area contributed by atoms with Crippen molar-refractivity contribution in [1.29, 1.82) is 0 Å². The third-order valence-corrected chi connectivity index (χ3v) is 4.04. The minimum absolute atomic E-state index is 0.00803. The van der Waals surface area contributed by atoms with Gasteiger partial charge in [0, 0.05) is 24.3 Å². The Balaban J connectivity index is 2.05. The van der Waals surface area contributed by atoms with Crippen molar-refractivity contribution in [1.82, 2.24) is 4.90 Å². The first-order valence-electron chi connectivity index (χ1n) is 8.35. The van der Waals surface area contributed by atoms with Gasteiger partial charge in [0.15, 0.2) is 0 Å². The van der Waals surface area contributed by atoms with Gasteiger partial charge in [-0.05, 0) is 37.1 Å². The van der Waals surface area contributed by atoms with E-state index in [2.05, 4.69) is 5.32 Å². The van der Waals surface area contributed by atoms with Gasteiger partial charge in [0.25, 0.3) is 0 Å². The lowest BCUT2D eigenvalue weighted by molar-refractivity contribution is -0.117. The second kappa shape index (κ2) is 9.20. The normalized spacial score (nSPS) is 10.8.